The van der Waals surface area contributed by atoms with Crippen LogP contribution in [0.3, 0.4) is 0 Å². The zero-order chi connectivity index (χ0) is 11.5. The second kappa shape index (κ2) is 4.96. The van der Waals surface area contributed by atoms with Gasteiger partial charge in [0.1, 0.15) is 5.75 Å². The Bertz CT molecular complexity index is 367. The number of halogens is 1. The third kappa shape index (κ3) is 2.62. The Labute approximate surface area is 102 Å². The molecule has 0 bridgehead atoms. The van der Waals surface area contributed by atoms with E-state index in [9.17, 15) is 0 Å². The van der Waals surface area contributed by atoms with Gasteiger partial charge < -0.3 is 10.1 Å². The van der Waals surface area contributed by atoms with Crippen molar-refractivity contribution in [3.05, 3.63) is 23.2 Å². The topological polar surface area (TPSA) is 21.3 Å². The van der Waals surface area contributed by atoms with Gasteiger partial charge in [-0.15, -0.1) is 0 Å². The van der Waals surface area contributed by atoms with Gasteiger partial charge in [-0.2, -0.15) is 0 Å². The van der Waals surface area contributed by atoms with E-state index in [4.69, 9.17) is 16.3 Å². The van der Waals surface area contributed by atoms with E-state index in [0.717, 1.165) is 17.4 Å². The molecule has 1 N–H and O–H groups in total. The van der Waals surface area contributed by atoms with Crippen molar-refractivity contribution in [1.29, 1.82) is 0 Å². The molecule has 2 unspecified atom stereocenters. The number of nitrogens with one attached hydrogen (secondary N) is 1. The molecule has 2 nitrogen and oxygen atoms in total. The van der Waals surface area contributed by atoms with E-state index in [1.165, 1.54) is 19.3 Å². The van der Waals surface area contributed by atoms with Crippen LogP contribution in [-0.4, -0.2) is 13.2 Å². The van der Waals surface area contributed by atoms with Crippen molar-refractivity contribution in [2.75, 3.05) is 12.4 Å². The van der Waals surface area contributed by atoms with Crippen LogP contribution in [0.4, 0.5) is 5.69 Å². The summed E-state index contributed by atoms with van der Waals surface area (Å²) in [6.45, 7) is 2.31. The molecule has 1 fully saturated rings. The fourth-order valence-corrected chi connectivity index (χ4v) is 2.52. The molecule has 2 rings (SSSR count). The first kappa shape index (κ1) is 11.6. The molecule has 2 atom stereocenters. The standard InChI is InChI=1S/C13H18ClNO/c1-9-3-4-10(7-9)15-11-5-6-12(14)13(8-11)16-2/h5-6,8-10,15H,3-4,7H2,1-2H3. The van der Waals surface area contributed by atoms with Crippen LogP contribution in [0.5, 0.6) is 5.75 Å². The third-order valence-electron chi connectivity index (χ3n) is 3.22. The van der Waals surface area contributed by atoms with Gasteiger partial charge in [-0.25, -0.2) is 0 Å². The molecule has 1 aromatic carbocycles. The summed E-state index contributed by atoms with van der Waals surface area (Å²) in [6, 6.07) is 6.45. The van der Waals surface area contributed by atoms with Crippen LogP contribution in [0, 0.1) is 5.92 Å². The molecule has 0 aromatic heterocycles. The lowest BCUT2D eigenvalue weighted by Crippen LogP contribution is -2.15. The summed E-state index contributed by atoms with van der Waals surface area (Å²) < 4.78 is 5.20. The highest BCUT2D eigenvalue weighted by Gasteiger charge is 2.21. The Morgan fingerprint density at radius 3 is 2.81 bits per heavy atom. The summed E-state index contributed by atoms with van der Waals surface area (Å²) in [5, 5.41) is 4.19. The van der Waals surface area contributed by atoms with Crippen LogP contribution in [0.1, 0.15) is 26.2 Å². The van der Waals surface area contributed by atoms with Crippen molar-refractivity contribution >= 4 is 17.3 Å². The molecule has 1 saturated carbocycles. The maximum absolute atomic E-state index is 5.98. The smallest absolute Gasteiger partial charge is 0.139 e. The van der Waals surface area contributed by atoms with Crippen LogP contribution in [0.2, 0.25) is 5.02 Å². The zero-order valence-corrected chi connectivity index (χ0v) is 10.6. The van der Waals surface area contributed by atoms with E-state index < -0.39 is 0 Å². The third-order valence-corrected chi connectivity index (χ3v) is 3.53. The average Bonchev–Trinajstić information content (AvgIpc) is 2.67. The maximum Gasteiger partial charge on any atom is 0.139 e. The summed E-state index contributed by atoms with van der Waals surface area (Å²) in [5.41, 5.74) is 1.10. The molecule has 0 heterocycles. The molecule has 0 spiro atoms. The number of methoxy groups -OCH3 is 1. The summed E-state index contributed by atoms with van der Waals surface area (Å²) in [4.78, 5) is 0. The van der Waals surface area contributed by atoms with Crippen molar-refractivity contribution in [3.8, 4) is 5.75 Å². The first-order valence-corrected chi connectivity index (χ1v) is 6.17. The van der Waals surface area contributed by atoms with Crippen LogP contribution in [0.15, 0.2) is 18.2 Å². The molecule has 1 aliphatic rings. The van der Waals surface area contributed by atoms with Crippen LogP contribution in [0.25, 0.3) is 0 Å². The van der Waals surface area contributed by atoms with Crippen LogP contribution >= 0.6 is 11.6 Å². The summed E-state index contributed by atoms with van der Waals surface area (Å²) in [5.74, 6) is 1.57. The van der Waals surface area contributed by atoms with E-state index in [-0.39, 0.29) is 0 Å². The average molecular weight is 240 g/mol. The van der Waals surface area contributed by atoms with E-state index >= 15 is 0 Å². The first-order chi connectivity index (χ1) is 7.69. The largest absolute Gasteiger partial charge is 0.495 e. The minimum atomic E-state index is 0.598. The highest BCUT2D eigenvalue weighted by Crippen LogP contribution is 2.31. The molecule has 1 aromatic rings. The summed E-state index contributed by atoms with van der Waals surface area (Å²) in [6.07, 6.45) is 3.83. The number of anilines is 1. The molecular formula is C13H18ClNO. The Morgan fingerprint density at radius 2 is 2.19 bits per heavy atom. The molecular weight excluding hydrogens is 222 g/mol. The van der Waals surface area contributed by atoms with E-state index in [1.807, 2.05) is 18.2 Å². The van der Waals surface area contributed by atoms with Gasteiger partial charge in [0.25, 0.3) is 0 Å². The van der Waals surface area contributed by atoms with Crippen molar-refractivity contribution < 1.29 is 4.74 Å². The van der Waals surface area contributed by atoms with Gasteiger partial charge in [0.15, 0.2) is 0 Å². The number of ether oxygens (including phenoxy) is 1. The van der Waals surface area contributed by atoms with E-state index in [1.54, 1.807) is 7.11 Å². The highest BCUT2D eigenvalue weighted by atomic mass is 35.5. The summed E-state index contributed by atoms with van der Waals surface area (Å²) in [7, 11) is 1.64. The number of hydrogen-bond donors (Lipinski definition) is 1. The molecule has 0 saturated heterocycles. The maximum atomic E-state index is 5.98. The van der Waals surface area contributed by atoms with E-state index in [0.29, 0.717) is 11.1 Å². The monoisotopic (exact) mass is 239 g/mol. The summed E-state index contributed by atoms with van der Waals surface area (Å²) >= 11 is 5.98. The Morgan fingerprint density at radius 1 is 1.38 bits per heavy atom. The SMILES string of the molecule is COc1cc(NC2CCC(C)C2)ccc1Cl. The first-order valence-electron chi connectivity index (χ1n) is 5.79. The number of benzene rings is 1. The lowest BCUT2D eigenvalue weighted by atomic mass is 10.1. The van der Waals surface area contributed by atoms with Gasteiger partial charge >= 0.3 is 0 Å². The number of hydrogen-bond acceptors (Lipinski definition) is 2. The van der Waals surface area contributed by atoms with Gasteiger partial charge in [0.2, 0.25) is 0 Å². The van der Waals surface area contributed by atoms with Gasteiger partial charge in [-0.05, 0) is 37.3 Å². The second-order valence-corrected chi connectivity index (χ2v) is 5.02. The fourth-order valence-electron chi connectivity index (χ4n) is 2.32. The molecule has 16 heavy (non-hydrogen) atoms. The zero-order valence-electron chi connectivity index (χ0n) is 9.79. The van der Waals surface area contributed by atoms with Gasteiger partial charge in [-0.1, -0.05) is 18.5 Å². The van der Waals surface area contributed by atoms with Crippen molar-refractivity contribution in [3.63, 3.8) is 0 Å². The van der Waals surface area contributed by atoms with E-state index in [2.05, 4.69) is 12.2 Å². The number of rotatable bonds is 3. The van der Waals surface area contributed by atoms with Crippen molar-refractivity contribution in [2.45, 2.75) is 32.2 Å². The van der Waals surface area contributed by atoms with Gasteiger partial charge in [0.05, 0.1) is 12.1 Å². The molecule has 0 radical (unpaired) electrons. The minimum absolute atomic E-state index is 0.598. The fraction of sp³-hybridized carbons (Fsp3) is 0.538. The molecule has 1 aliphatic carbocycles. The predicted octanol–water partition coefficient (Wildman–Crippen LogP) is 3.95. The van der Waals surface area contributed by atoms with Crippen molar-refractivity contribution in [2.24, 2.45) is 5.92 Å². The highest BCUT2D eigenvalue weighted by molar-refractivity contribution is 6.32. The minimum Gasteiger partial charge on any atom is -0.495 e. The molecule has 0 aliphatic heterocycles. The Balaban J connectivity index is 2.04. The molecule has 3 heteroatoms. The molecule has 0 amide bonds. The lowest BCUT2D eigenvalue weighted by molar-refractivity contribution is 0.415. The van der Waals surface area contributed by atoms with Crippen LogP contribution < -0.4 is 10.1 Å². The second-order valence-electron chi connectivity index (χ2n) is 4.61. The quantitative estimate of drug-likeness (QED) is 0.863. The Kier molecular flexibility index (Phi) is 3.59. The van der Waals surface area contributed by atoms with Gasteiger partial charge in [0, 0.05) is 17.8 Å². The normalized spacial score (nSPS) is 24.4. The Hall–Kier alpha value is -0.890. The lowest BCUT2D eigenvalue weighted by Gasteiger charge is -2.15. The van der Waals surface area contributed by atoms with Crippen molar-refractivity contribution in [1.82, 2.24) is 0 Å². The predicted molar refractivity (Wildman–Crippen MR) is 68.4 cm³/mol. The molecule has 88 valence electrons. The van der Waals surface area contributed by atoms with Crippen LogP contribution in [-0.2, 0) is 0 Å². The van der Waals surface area contributed by atoms with Gasteiger partial charge in [-0.3, -0.25) is 0 Å².